The highest BCUT2D eigenvalue weighted by atomic mass is 16.5. The molecule has 0 saturated carbocycles. The van der Waals surface area contributed by atoms with Gasteiger partial charge in [-0.15, -0.1) is 0 Å². The summed E-state index contributed by atoms with van der Waals surface area (Å²) in [6.45, 7) is -0.0468. The van der Waals surface area contributed by atoms with Gasteiger partial charge in [0.25, 0.3) is 0 Å². The van der Waals surface area contributed by atoms with Crippen LogP contribution in [0.1, 0.15) is 0 Å². The smallest absolute Gasteiger partial charge is 0.239 e. The predicted molar refractivity (Wildman–Crippen MR) is 67.4 cm³/mol. The van der Waals surface area contributed by atoms with Crippen molar-refractivity contribution in [3.8, 4) is 5.75 Å². The molecule has 0 heterocycles. The van der Waals surface area contributed by atoms with Gasteiger partial charge in [-0.3, -0.25) is 4.79 Å². The molecule has 3 heteroatoms. The van der Waals surface area contributed by atoms with E-state index in [0.717, 1.165) is 11.4 Å². The van der Waals surface area contributed by atoms with Gasteiger partial charge in [-0.1, -0.05) is 24.3 Å². The average Bonchev–Trinajstić information content (AvgIpc) is 2.38. The normalized spacial score (nSPS) is 9.65. The van der Waals surface area contributed by atoms with Gasteiger partial charge in [0.1, 0.15) is 5.75 Å². The molecular formula is C14H12NO2. The molecule has 0 atom stereocenters. The van der Waals surface area contributed by atoms with E-state index in [1.165, 1.54) is 0 Å². The lowest BCUT2D eigenvalue weighted by Gasteiger charge is -2.08. The molecule has 85 valence electrons. The molecule has 0 spiro atoms. The Labute approximate surface area is 100 Å². The van der Waals surface area contributed by atoms with E-state index in [2.05, 4.69) is 5.32 Å². The minimum absolute atomic E-state index is 0.0468. The van der Waals surface area contributed by atoms with Crippen molar-refractivity contribution in [2.75, 3.05) is 11.9 Å². The molecule has 2 aromatic rings. The van der Waals surface area contributed by atoms with Crippen molar-refractivity contribution in [1.29, 1.82) is 0 Å². The minimum atomic E-state index is -0.0468. The molecule has 0 aliphatic rings. The maximum atomic E-state index is 10.1. The fraction of sp³-hybridized carbons (Fsp3) is 0.0714. The zero-order valence-corrected chi connectivity index (χ0v) is 9.22. The van der Waals surface area contributed by atoms with Crippen molar-refractivity contribution in [1.82, 2.24) is 0 Å². The third kappa shape index (κ3) is 3.34. The molecule has 0 saturated heterocycles. The maximum Gasteiger partial charge on any atom is 0.239 e. The molecule has 17 heavy (non-hydrogen) atoms. The first-order valence-corrected chi connectivity index (χ1v) is 5.28. The molecule has 0 aliphatic heterocycles. The molecule has 1 radical (unpaired) electrons. The van der Waals surface area contributed by atoms with Gasteiger partial charge in [-0.25, -0.2) is 0 Å². The quantitative estimate of drug-likeness (QED) is 0.851. The van der Waals surface area contributed by atoms with E-state index in [-0.39, 0.29) is 6.61 Å². The Balaban J connectivity index is 2.08. The van der Waals surface area contributed by atoms with Crippen LogP contribution in [-0.2, 0) is 4.79 Å². The lowest BCUT2D eigenvalue weighted by atomic mass is 10.2. The molecular weight excluding hydrogens is 214 g/mol. The second-order valence-corrected chi connectivity index (χ2v) is 3.45. The number of benzene rings is 2. The summed E-state index contributed by atoms with van der Waals surface area (Å²) < 4.78 is 5.17. The van der Waals surface area contributed by atoms with Crippen molar-refractivity contribution in [3.63, 3.8) is 0 Å². The molecule has 3 nitrogen and oxygen atoms in total. The highest BCUT2D eigenvalue weighted by molar-refractivity contribution is 5.61. The third-order valence-electron chi connectivity index (χ3n) is 2.19. The topological polar surface area (TPSA) is 38.3 Å². The fourth-order valence-corrected chi connectivity index (χ4v) is 1.46. The van der Waals surface area contributed by atoms with Crippen LogP contribution in [0.5, 0.6) is 5.75 Å². The van der Waals surface area contributed by atoms with E-state index in [4.69, 9.17) is 4.74 Å². The summed E-state index contributed by atoms with van der Waals surface area (Å²) in [7, 11) is 0. The summed E-state index contributed by atoms with van der Waals surface area (Å²) in [4.78, 5) is 10.1. The van der Waals surface area contributed by atoms with Gasteiger partial charge in [0, 0.05) is 17.4 Å². The molecule has 1 N–H and O–H groups in total. The Hall–Kier alpha value is -2.29. The molecule has 0 bridgehead atoms. The number of anilines is 2. The Morgan fingerprint density at radius 2 is 1.76 bits per heavy atom. The molecule has 0 unspecified atom stereocenters. The number of carbonyl (C=O) groups excluding carboxylic acids is 1. The SMILES string of the molecule is O=[C]COc1cccc(Nc2ccccc2)c1. The van der Waals surface area contributed by atoms with Gasteiger partial charge in [-0.2, -0.15) is 0 Å². The van der Waals surface area contributed by atoms with Crippen molar-refractivity contribution >= 4 is 17.7 Å². The van der Waals surface area contributed by atoms with Gasteiger partial charge < -0.3 is 10.1 Å². The van der Waals surface area contributed by atoms with Crippen molar-refractivity contribution in [2.24, 2.45) is 0 Å². The number of rotatable bonds is 5. The lowest BCUT2D eigenvalue weighted by molar-refractivity contribution is 0.365. The van der Waals surface area contributed by atoms with Crippen LogP contribution in [-0.4, -0.2) is 12.9 Å². The third-order valence-corrected chi connectivity index (χ3v) is 2.19. The van der Waals surface area contributed by atoms with Crippen molar-refractivity contribution in [3.05, 3.63) is 54.6 Å². The Bertz CT molecular complexity index is 483. The number of ether oxygens (including phenoxy) is 1. The molecule has 0 aromatic heterocycles. The number of hydrogen-bond acceptors (Lipinski definition) is 3. The zero-order chi connectivity index (χ0) is 11.9. The number of nitrogens with one attached hydrogen (secondary N) is 1. The Morgan fingerprint density at radius 1 is 1.00 bits per heavy atom. The minimum Gasteiger partial charge on any atom is -0.485 e. The highest BCUT2D eigenvalue weighted by Crippen LogP contribution is 2.21. The van der Waals surface area contributed by atoms with E-state index in [1.54, 1.807) is 12.4 Å². The first-order valence-electron chi connectivity index (χ1n) is 5.28. The standard InChI is InChI=1S/C14H12NO2/c16-9-10-17-14-8-4-7-13(11-14)15-12-5-2-1-3-6-12/h1-8,11,15H,10H2. The fourth-order valence-electron chi connectivity index (χ4n) is 1.46. The van der Waals surface area contributed by atoms with E-state index in [0.29, 0.717) is 5.75 Å². The lowest BCUT2D eigenvalue weighted by Crippen LogP contribution is -1.98. The monoisotopic (exact) mass is 226 g/mol. The Morgan fingerprint density at radius 3 is 2.53 bits per heavy atom. The zero-order valence-electron chi connectivity index (χ0n) is 9.22. The van der Waals surface area contributed by atoms with Crippen LogP contribution in [0, 0.1) is 0 Å². The summed E-state index contributed by atoms with van der Waals surface area (Å²) >= 11 is 0. The number of para-hydroxylation sites is 1. The van der Waals surface area contributed by atoms with Crippen molar-refractivity contribution in [2.45, 2.75) is 0 Å². The predicted octanol–water partition coefficient (Wildman–Crippen LogP) is 2.92. The Kier molecular flexibility index (Phi) is 3.76. The average molecular weight is 226 g/mol. The van der Waals surface area contributed by atoms with Gasteiger partial charge in [0.05, 0.1) is 0 Å². The van der Waals surface area contributed by atoms with Crippen molar-refractivity contribution < 1.29 is 9.53 Å². The van der Waals surface area contributed by atoms with Crippen LogP contribution in [0.15, 0.2) is 54.6 Å². The van der Waals surface area contributed by atoms with Crippen LogP contribution >= 0.6 is 0 Å². The van der Waals surface area contributed by atoms with Gasteiger partial charge in [0.2, 0.25) is 6.29 Å². The summed E-state index contributed by atoms with van der Waals surface area (Å²) in [6, 6.07) is 17.3. The van der Waals surface area contributed by atoms with E-state index in [1.807, 2.05) is 48.5 Å². The van der Waals surface area contributed by atoms with Crippen LogP contribution in [0.2, 0.25) is 0 Å². The number of hydrogen-bond donors (Lipinski definition) is 1. The van der Waals surface area contributed by atoms with E-state index in [9.17, 15) is 4.79 Å². The summed E-state index contributed by atoms with van der Waals surface area (Å²) in [5.41, 5.74) is 1.92. The van der Waals surface area contributed by atoms with E-state index >= 15 is 0 Å². The maximum absolute atomic E-state index is 10.1. The van der Waals surface area contributed by atoms with Gasteiger partial charge in [0.15, 0.2) is 6.61 Å². The largest absolute Gasteiger partial charge is 0.485 e. The van der Waals surface area contributed by atoms with Crippen LogP contribution in [0.4, 0.5) is 11.4 Å². The van der Waals surface area contributed by atoms with Gasteiger partial charge >= 0.3 is 0 Å². The second kappa shape index (κ2) is 5.70. The first kappa shape index (κ1) is 11.2. The summed E-state index contributed by atoms with van der Waals surface area (Å²) in [6.07, 6.45) is 1.69. The van der Waals surface area contributed by atoms with Crippen LogP contribution in [0.3, 0.4) is 0 Å². The summed E-state index contributed by atoms with van der Waals surface area (Å²) in [5, 5.41) is 3.24. The molecule has 0 amide bonds. The van der Waals surface area contributed by atoms with E-state index < -0.39 is 0 Å². The highest BCUT2D eigenvalue weighted by Gasteiger charge is 1.97. The summed E-state index contributed by atoms with van der Waals surface area (Å²) in [5.74, 6) is 0.647. The molecule has 2 rings (SSSR count). The van der Waals surface area contributed by atoms with Crippen LogP contribution < -0.4 is 10.1 Å². The molecule has 2 aromatic carbocycles. The molecule has 0 fully saturated rings. The first-order chi connectivity index (χ1) is 8.38. The molecule has 0 aliphatic carbocycles. The van der Waals surface area contributed by atoms with Crippen LogP contribution in [0.25, 0.3) is 0 Å². The second-order valence-electron chi connectivity index (χ2n) is 3.45. The van der Waals surface area contributed by atoms with Gasteiger partial charge in [-0.05, 0) is 24.3 Å².